The molecule has 3 heterocycles. The van der Waals surface area contributed by atoms with E-state index in [1.165, 1.54) is 0 Å². The standard InChI is InChI=1S/C18H26N4O2/c1-13-4-5-17-19-16(8-18(24)22(17)9-13)12-20-6-7-21(11-15(3)23)14(2)10-20/h4-5,8-9,14-15,23H,6-7,10-12H2,1-3H3/t14-,15+/m0/s1. The number of piperazine rings is 1. The molecule has 1 N–H and O–H groups in total. The predicted octanol–water partition coefficient (Wildman–Crippen LogP) is 0.890. The third-order valence-corrected chi connectivity index (χ3v) is 4.59. The number of pyridine rings is 1. The van der Waals surface area contributed by atoms with Crippen LogP contribution in [0.3, 0.4) is 0 Å². The van der Waals surface area contributed by atoms with E-state index < -0.39 is 0 Å². The van der Waals surface area contributed by atoms with Crippen LogP contribution in [0.2, 0.25) is 0 Å². The van der Waals surface area contributed by atoms with Gasteiger partial charge >= 0.3 is 0 Å². The van der Waals surface area contributed by atoms with E-state index in [4.69, 9.17) is 0 Å². The first kappa shape index (κ1) is 17.1. The molecule has 0 saturated carbocycles. The van der Waals surface area contributed by atoms with Crippen LogP contribution in [0.25, 0.3) is 5.65 Å². The molecule has 6 heteroatoms. The van der Waals surface area contributed by atoms with E-state index in [2.05, 4.69) is 21.7 Å². The summed E-state index contributed by atoms with van der Waals surface area (Å²) in [5.74, 6) is 0. The lowest BCUT2D eigenvalue weighted by Gasteiger charge is -2.40. The summed E-state index contributed by atoms with van der Waals surface area (Å²) in [6, 6.07) is 5.89. The lowest BCUT2D eigenvalue weighted by molar-refractivity contribution is 0.0418. The van der Waals surface area contributed by atoms with Gasteiger partial charge in [-0.05, 0) is 32.4 Å². The van der Waals surface area contributed by atoms with Crippen molar-refractivity contribution in [3.05, 3.63) is 46.0 Å². The molecule has 24 heavy (non-hydrogen) atoms. The van der Waals surface area contributed by atoms with Gasteiger partial charge in [0.15, 0.2) is 0 Å². The average Bonchev–Trinajstić information content (AvgIpc) is 2.50. The SMILES string of the molecule is Cc1ccc2nc(CN3CCN(C[C@@H](C)O)[C@@H](C)C3)cc(=O)n2c1. The van der Waals surface area contributed by atoms with Crippen LogP contribution in [0.4, 0.5) is 0 Å². The quantitative estimate of drug-likeness (QED) is 0.902. The monoisotopic (exact) mass is 330 g/mol. The molecule has 1 saturated heterocycles. The first-order valence-electron chi connectivity index (χ1n) is 8.56. The van der Waals surface area contributed by atoms with Crippen LogP contribution in [0.1, 0.15) is 25.1 Å². The molecule has 0 bridgehead atoms. The Balaban J connectivity index is 1.72. The predicted molar refractivity (Wildman–Crippen MR) is 94.2 cm³/mol. The molecular weight excluding hydrogens is 304 g/mol. The highest BCUT2D eigenvalue weighted by Gasteiger charge is 2.24. The Morgan fingerprint density at radius 2 is 2.17 bits per heavy atom. The van der Waals surface area contributed by atoms with Gasteiger partial charge in [-0.2, -0.15) is 0 Å². The summed E-state index contributed by atoms with van der Waals surface area (Å²) < 4.78 is 1.60. The number of hydrogen-bond acceptors (Lipinski definition) is 5. The zero-order valence-corrected chi connectivity index (χ0v) is 14.6. The number of hydrogen-bond donors (Lipinski definition) is 1. The van der Waals surface area contributed by atoms with E-state index in [0.29, 0.717) is 24.8 Å². The molecule has 0 aromatic carbocycles. The van der Waals surface area contributed by atoms with Gasteiger partial charge in [-0.25, -0.2) is 4.98 Å². The van der Waals surface area contributed by atoms with Crippen molar-refractivity contribution in [2.24, 2.45) is 0 Å². The molecule has 1 fully saturated rings. The molecule has 0 unspecified atom stereocenters. The number of fused-ring (bicyclic) bond motifs is 1. The maximum atomic E-state index is 12.3. The fourth-order valence-electron chi connectivity index (χ4n) is 3.39. The second-order valence-corrected chi connectivity index (χ2v) is 6.95. The number of nitrogens with zero attached hydrogens (tertiary/aromatic N) is 4. The molecule has 1 aliphatic rings. The van der Waals surface area contributed by atoms with Crippen molar-refractivity contribution in [2.45, 2.75) is 39.5 Å². The first-order chi connectivity index (χ1) is 11.4. The third-order valence-electron chi connectivity index (χ3n) is 4.59. The largest absolute Gasteiger partial charge is 0.392 e. The lowest BCUT2D eigenvalue weighted by atomic mass is 10.1. The van der Waals surface area contributed by atoms with Crippen LogP contribution < -0.4 is 5.56 Å². The van der Waals surface area contributed by atoms with Gasteiger partial charge in [-0.3, -0.25) is 19.0 Å². The fourth-order valence-corrected chi connectivity index (χ4v) is 3.39. The van der Waals surface area contributed by atoms with Crippen molar-refractivity contribution in [1.82, 2.24) is 19.2 Å². The maximum absolute atomic E-state index is 12.3. The van der Waals surface area contributed by atoms with Gasteiger partial charge in [0.25, 0.3) is 5.56 Å². The Bertz CT molecular complexity index is 771. The second kappa shape index (κ2) is 7.01. The van der Waals surface area contributed by atoms with Crippen LogP contribution in [0.15, 0.2) is 29.2 Å². The average molecular weight is 330 g/mol. The van der Waals surface area contributed by atoms with E-state index in [0.717, 1.165) is 30.9 Å². The van der Waals surface area contributed by atoms with Gasteiger partial charge in [0, 0.05) is 51.0 Å². The van der Waals surface area contributed by atoms with Crippen LogP contribution in [0, 0.1) is 6.92 Å². The number of β-amino-alcohol motifs (C(OH)–C–C–N with tert-alkyl or cyclic N) is 1. The van der Waals surface area contributed by atoms with Gasteiger partial charge in [0.1, 0.15) is 5.65 Å². The van der Waals surface area contributed by atoms with E-state index in [1.54, 1.807) is 10.5 Å². The van der Waals surface area contributed by atoms with Gasteiger partial charge in [-0.15, -0.1) is 0 Å². The molecule has 0 aliphatic carbocycles. The minimum absolute atomic E-state index is 0.0283. The van der Waals surface area contributed by atoms with E-state index in [1.807, 2.05) is 32.2 Å². The molecule has 2 aromatic rings. The highest BCUT2D eigenvalue weighted by molar-refractivity contribution is 5.39. The maximum Gasteiger partial charge on any atom is 0.258 e. The van der Waals surface area contributed by atoms with Crippen molar-refractivity contribution >= 4 is 5.65 Å². The van der Waals surface area contributed by atoms with Crippen LogP contribution in [-0.4, -0.2) is 62.6 Å². The smallest absolute Gasteiger partial charge is 0.258 e. The summed E-state index contributed by atoms with van der Waals surface area (Å²) in [4.78, 5) is 21.6. The first-order valence-corrected chi connectivity index (χ1v) is 8.56. The minimum Gasteiger partial charge on any atom is -0.392 e. The molecule has 1 aliphatic heterocycles. The summed E-state index contributed by atoms with van der Waals surface area (Å²) >= 11 is 0. The molecular formula is C18H26N4O2. The normalized spacial score (nSPS) is 21.2. The molecule has 6 nitrogen and oxygen atoms in total. The van der Waals surface area contributed by atoms with Gasteiger partial charge in [0.2, 0.25) is 0 Å². The summed E-state index contributed by atoms with van der Waals surface area (Å²) in [5.41, 5.74) is 2.53. The second-order valence-electron chi connectivity index (χ2n) is 6.95. The van der Waals surface area contributed by atoms with Crippen LogP contribution in [0.5, 0.6) is 0 Å². The van der Waals surface area contributed by atoms with Gasteiger partial charge in [-0.1, -0.05) is 6.07 Å². The van der Waals surface area contributed by atoms with E-state index in [9.17, 15) is 9.90 Å². The zero-order chi connectivity index (χ0) is 17.3. The summed E-state index contributed by atoms with van der Waals surface area (Å²) in [7, 11) is 0. The van der Waals surface area contributed by atoms with Gasteiger partial charge in [0.05, 0.1) is 11.8 Å². The molecule has 0 spiro atoms. The Morgan fingerprint density at radius 1 is 1.38 bits per heavy atom. The number of rotatable bonds is 4. The summed E-state index contributed by atoms with van der Waals surface area (Å²) in [6.45, 7) is 10.1. The number of aromatic nitrogens is 2. The van der Waals surface area contributed by atoms with Crippen molar-refractivity contribution in [1.29, 1.82) is 0 Å². The Hall–Kier alpha value is -1.76. The zero-order valence-electron chi connectivity index (χ0n) is 14.6. The Labute approximate surface area is 142 Å². The molecule has 2 atom stereocenters. The number of aliphatic hydroxyl groups excluding tert-OH is 1. The lowest BCUT2D eigenvalue weighted by Crippen LogP contribution is -2.53. The topological polar surface area (TPSA) is 61.1 Å². The fraction of sp³-hybridized carbons (Fsp3) is 0.556. The van der Waals surface area contributed by atoms with Crippen LogP contribution >= 0.6 is 0 Å². The molecule has 0 amide bonds. The van der Waals surface area contributed by atoms with Crippen molar-refractivity contribution in [3.63, 3.8) is 0 Å². The van der Waals surface area contributed by atoms with Crippen molar-refractivity contribution in [2.75, 3.05) is 26.2 Å². The highest BCUT2D eigenvalue weighted by Crippen LogP contribution is 2.13. The van der Waals surface area contributed by atoms with E-state index >= 15 is 0 Å². The molecule has 0 radical (unpaired) electrons. The molecule has 130 valence electrons. The van der Waals surface area contributed by atoms with Gasteiger partial charge < -0.3 is 5.11 Å². The minimum atomic E-state index is -0.301. The van der Waals surface area contributed by atoms with Crippen LogP contribution in [-0.2, 0) is 6.54 Å². The Morgan fingerprint density at radius 3 is 2.88 bits per heavy atom. The number of aliphatic hydroxyl groups is 1. The molecule has 3 rings (SSSR count). The Kier molecular flexibility index (Phi) is 4.99. The summed E-state index contributed by atoms with van der Waals surface area (Å²) in [6.07, 6.45) is 1.52. The number of aryl methyl sites for hydroxylation is 1. The van der Waals surface area contributed by atoms with Crippen molar-refractivity contribution in [3.8, 4) is 0 Å². The van der Waals surface area contributed by atoms with Crippen molar-refractivity contribution < 1.29 is 5.11 Å². The third kappa shape index (κ3) is 3.83. The molecule has 2 aromatic heterocycles. The summed E-state index contributed by atoms with van der Waals surface area (Å²) in [5, 5.41) is 9.57. The highest BCUT2D eigenvalue weighted by atomic mass is 16.3. The van der Waals surface area contributed by atoms with E-state index in [-0.39, 0.29) is 11.7 Å².